The van der Waals surface area contributed by atoms with Crippen molar-refractivity contribution in [3.63, 3.8) is 0 Å². The van der Waals surface area contributed by atoms with Crippen molar-refractivity contribution in [1.29, 1.82) is 0 Å². The fraction of sp³-hybridized carbons (Fsp3) is 0.350. The number of guanidine groups is 1. The van der Waals surface area contributed by atoms with Gasteiger partial charge in [-0.05, 0) is 23.5 Å². The minimum Gasteiger partial charge on any atom is -0.376 e. The fourth-order valence-corrected chi connectivity index (χ4v) is 2.29. The van der Waals surface area contributed by atoms with E-state index in [1.54, 1.807) is 0 Å². The molecule has 4 heteroatoms. The number of benzene rings is 2. The summed E-state index contributed by atoms with van der Waals surface area (Å²) in [5, 5.41) is 3.16. The van der Waals surface area contributed by atoms with E-state index in [1.165, 1.54) is 11.1 Å². The van der Waals surface area contributed by atoms with Gasteiger partial charge in [-0.2, -0.15) is 0 Å². The summed E-state index contributed by atoms with van der Waals surface area (Å²) in [6, 6.07) is 20.5. The van der Waals surface area contributed by atoms with Gasteiger partial charge in [-0.25, -0.2) is 0 Å². The Morgan fingerprint density at radius 3 is 2.33 bits per heavy atom. The molecule has 0 spiro atoms. The number of nitrogens with two attached hydrogens (primary N) is 1. The van der Waals surface area contributed by atoms with E-state index in [1.807, 2.05) is 36.4 Å². The van der Waals surface area contributed by atoms with Crippen molar-refractivity contribution < 1.29 is 4.74 Å². The summed E-state index contributed by atoms with van der Waals surface area (Å²) in [7, 11) is 0. The topological polar surface area (TPSA) is 59.6 Å². The first kappa shape index (κ1) is 18.0. The third kappa shape index (κ3) is 7.29. The van der Waals surface area contributed by atoms with Crippen LogP contribution in [0.15, 0.2) is 65.7 Å². The lowest BCUT2D eigenvalue weighted by molar-refractivity contribution is 0.0945. The molecule has 0 heterocycles. The maximum absolute atomic E-state index is 5.90. The van der Waals surface area contributed by atoms with E-state index in [0.717, 1.165) is 13.0 Å². The predicted molar refractivity (Wildman–Crippen MR) is 99.9 cm³/mol. The normalized spacial score (nSPS) is 12.8. The highest BCUT2D eigenvalue weighted by Gasteiger charge is 2.02. The molecular weight excluding hydrogens is 298 g/mol. The zero-order chi connectivity index (χ0) is 17.0. The van der Waals surface area contributed by atoms with E-state index in [2.05, 4.69) is 41.5 Å². The minimum atomic E-state index is 0.336. The molecule has 2 aromatic rings. The largest absolute Gasteiger partial charge is 0.376 e. The number of rotatable bonds is 9. The van der Waals surface area contributed by atoms with Crippen LogP contribution in [-0.4, -0.2) is 25.7 Å². The standard InChI is InChI=1S/C20H27N3O/c1-17(15-24-16-19-10-6-3-7-11-19)14-23-20(21)22-13-12-18-8-4-2-5-9-18/h2-11,17H,12-16H2,1H3,(H3,21,22,23). The van der Waals surface area contributed by atoms with E-state index >= 15 is 0 Å². The third-order valence-electron chi connectivity index (χ3n) is 3.65. The van der Waals surface area contributed by atoms with E-state index in [4.69, 9.17) is 10.5 Å². The molecule has 3 N–H and O–H groups in total. The molecule has 2 rings (SSSR count). The summed E-state index contributed by atoms with van der Waals surface area (Å²) in [5.74, 6) is 0.837. The van der Waals surface area contributed by atoms with Gasteiger partial charge in [0.05, 0.1) is 13.2 Å². The highest BCUT2D eigenvalue weighted by atomic mass is 16.5. The van der Waals surface area contributed by atoms with Crippen molar-refractivity contribution in [2.24, 2.45) is 16.6 Å². The molecular formula is C20H27N3O. The van der Waals surface area contributed by atoms with Crippen LogP contribution in [0.4, 0.5) is 0 Å². The minimum absolute atomic E-state index is 0.336. The first-order valence-electron chi connectivity index (χ1n) is 8.43. The van der Waals surface area contributed by atoms with Gasteiger partial charge in [-0.1, -0.05) is 67.6 Å². The summed E-state index contributed by atoms with van der Waals surface area (Å²) >= 11 is 0. The van der Waals surface area contributed by atoms with E-state index < -0.39 is 0 Å². The zero-order valence-corrected chi connectivity index (χ0v) is 14.3. The third-order valence-corrected chi connectivity index (χ3v) is 3.65. The molecule has 0 bridgehead atoms. The molecule has 0 aliphatic carbocycles. The van der Waals surface area contributed by atoms with Gasteiger partial charge in [-0.15, -0.1) is 0 Å². The molecule has 0 aliphatic rings. The lowest BCUT2D eigenvalue weighted by atomic mass is 10.1. The summed E-state index contributed by atoms with van der Waals surface area (Å²) in [5.41, 5.74) is 8.39. The second-order valence-corrected chi connectivity index (χ2v) is 5.99. The molecule has 2 aromatic carbocycles. The summed E-state index contributed by atoms with van der Waals surface area (Å²) in [6.45, 7) is 4.89. The van der Waals surface area contributed by atoms with Crippen LogP contribution >= 0.6 is 0 Å². The summed E-state index contributed by atoms with van der Waals surface area (Å²) < 4.78 is 5.72. The van der Waals surface area contributed by atoms with E-state index in [-0.39, 0.29) is 0 Å². The number of hydrogen-bond donors (Lipinski definition) is 2. The van der Waals surface area contributed by atoms with E-state index in [0.29, 0.717) is 31.6 Å². The van der Waals surface area contributed by atoms with Crippen LogP contribution in [0.3, 0.4) is 0 Å². The second kappa shape index (κ2) is 10.4. The Balaban J connectivity index is 1.59. The van der Waals surface area contributed by atoms with Crippen molar-refractivity contribution in [2.75, 3.05) is 19.7 Å². The van der Waals surface area contributed by atoms with Crippen molar-refractivity contribution in [3.05, 3.63) is 71.8 Å². The Labute approximate surface area is 144 Å². The zero-order valence-electron chi connectivity index (χ0n) is 14.3. The number of hydrogen-bond acceptors (Lipinski definition) is 2. The number of aliphatic imine (C=N–C) groups is 1. The molecule has 0 fully saturated rings. The van der Waals surface area contributed by atoms with Gasteiger partial charge in [0.25, 0.3) is 0 Å². The molecule has 128 valence electrons. The molecule has 4 nitrogen and oxygen atoms in total. The Hall–Kier alpha value is -2.33. The van der Waals surface area contributed by atoms with Gasteiger partial charge in [0.15, 0.2) is 5.96 Å². The summed E-state index contributed by atoms with van der Waals surface area (Å²) in [6.07, 6.45) is 0.937. The Bertz CT molecular complexity index is 599. The van der Waals surface area contributed by atoms with Crippen molar-refractivity contribution in [3.8, 4) is 0 Å². The summed E-state index contributed by atoms with van der Waals surface area (Å²) in [4.78, 5) is 4.38. The monoisotopic (exact) mass is 325 g/mol. The van der Waals surface area contributed by atoms with Crippen LogP contribution in [0, 0.1) is 5.92 Å². The smallest absolute Gasteiger partial charge is 0.188 e. The molecule has 0 aromatic heterocycles. The average Bonchev–Trinajstić information content (AvgIpc) is 2.62. The predicted octanol–water partition coefficient (Wildman–Crippen LogP) is 2.99. The highest BCUT2D eigenvalue weighted by molar-refractivity contribution is 5.77. The molecule has 0 saturated carbocycles. The van der Waals surface area contributed by atoms with Crippen LogP contribution < -0.4 is 11.1 Å². The van der Waals surface area contributed by atoms with Gasteiger partial charge in [0, 0.05) is 13.1 Å². The lowest BCUT2D eigenvalue weighted by Gasteiger charge is -2.11. The van der Waals surface area contributed by atoms with Crippen LogP contribution in [0.2, 0.25) is 0 Å². The quantitative estimate of drug-likeness (QED) is 0.550. The van der Waals surface area contributed by atoms with Gasteiger partial charge in [0.1, 0.15) is 0 Å². The molecule has 1 unspecified atom stereocenters. The van der Waals surface area contributed by atoms with Crippen LogP contribution in [0.25, 0.3) is 0 Å². The average molecular weight is 325 g/mol. The van der Waals surface area contributed by atoms with Gasteiger partial charge in [-0.3, -0.25) is 4.99 Å². The Morgan fingerprint density at radius 2 is 1.67 bits per heavy atom. The number of ether oxygens (including phenoxy) is 1. The van der Waals surface area contributed by atoms with Crippen molar-refractivity contribution >= 4 is 5.96 Å². The lowest BCUT2D eigenvalue weighted by Crippen LogP contribution is -2.33. The first-order valence-corrected chi connectivity index (χ1v) is 8.43. The molecule has 0 aliphatic heterocycles. The van der Waals surface area contributed by atoms with Gasteiger partial charge in [0.2, 0.25) is 0 Å². The first-order chi connectivity index (χ1) is 11.7. The number of nitrogens with one attached hydrogen (secondary N) is 1. The SMILES string of the molecule is CC(CN=C(N)NCCc1ccccc1)COCc1ccccc1. The highest BCUT2D eigenvalue weighted by Crippen LogP contribution is 2.03. The maximum atomic E-state index is 5.90. The molecule has 0 amide bonds. The van der Waals surface area contributed by atoms with Gasteiger partial charge < -0.3 is 15.8 Å². The molecule has 24 heavy (non-hydrogen) atoms. The van der Waals surface area contributed by atoms with Crippen LogP contribution in [0.5, 0.6) is 0 Å². The Morgan fingerprint density at radius 1 is 1.04 bits per heavy atom. The molecule has 1 atom stereocenters. The van der Waals surface area contributed by atoms with Crippen LogP contribution in [-0.2, 0) is 17.8 Å². The Kier molecular flexibility index (Phi) is 7.84. The van der Waals surface area contributed by atoms with Gasteiger partial charge >= 0.3 is 0 Å². The maximum Gasteiger partial charge on any atom is 0.188 e. The molecule has 0 radical (unpaired) electrons. The number of nitrogens with zero attached hydrogens (tertiary/aromatic N) is 1. The second-order valence-electron chi connectivity index (χ2n) is 5.99. The van der Waals surface area contributed by atoms with E-state index in [9.17, 15) is 0 Å². The van der Waals surface area contributed by atoms with Crippen LogP contribution in [0.1, 0.15) is 18.1 Å². The fourth-order valence-electron chi connectivity index (χ4n) is 2.29. The molecule has 0 saturated heterocycles. The van der Waals surface area contributed by atoms with Crippen molar-refractivity contribution in [1.82, 2.24) is 5.32 Å². The van der Waals surface area contributed by atoms with Crippen molar-refractivity contribution in [2.45, 2.75) is 20.0 Å².